The number of nitrogens with zero attached hydrogens (tertiary/aromatic N) is 2. The van der Waals surface area contributed by atoms with E-state index in [-0.39, 0.29) is 5.82 Å². The molecule has 0 bridgehead atoms. The fourth-order valence-corrected chi connectivity index (χ4v) is 2.17. The molecule has 0 spiro atoms. The molecule has 5 heteroatoms. The van der Waals surface area contributed by atoms with Gasteiger partial charge in [0.1, 0.15) is 11.9 Å². The molecule has 21 heavy (non-hydrogen) atoms. The van der Waals surface area contributed by atoms with E-state index in [4.69, 9.17) is 0 Å². The minimum absolute atomic E-state index is 0.303. The third-order valence-electron chi connectivity index (χ3n) is 3.35. The van der Waals surface area contributed by atoms with Crippen molar-refractivity contribution in [1.82, 2.24) is 15.2 Å². The molecule has 2 heterocycles. The van der Waals surface area contributed by atoms with E-state index < -0.39 is 6.10 Å². The number of rotatable bonds is 3. The van der Waals surface area contributed by atoms with Crippen LogP contribution in [-0.4, -0.2) is 20.3 Å². The van der Waals surface area contributed by atoms with Gasteiger partial charge in [0.2, 0.25) is 0 Å². The summed E-state index contributed by atoms with van der Waals surface area (Å²) in [5.74, 6) is -0.303. The number of nitrogens with one attached hydrogen (secondary N) is 1. The highest BCUT2D eigenvalue weighted by Crippen LogP contribution is 2.29. The van der Waals surface area contributed by atoms with E-state index in [1.54, 1.807) is 24.5 Å². The molecule has 0 radical (unpaired) electrons. The second-order valence-corrected chi connectivity index (χ2v) is 4.84. The van der Waals surface area contributed by atoms with Gasteiger partial charge in [-0.1, -0.05) is 6.07 Å². The number of halogens is 1. The zero-order chi connectivity index (χ0) is 14.8. The van der Waals surface area contributed by atoms with Crippen LogP contribution < -0.4 is 0 Å². The van der Waals surface area contributed by atoms with E-state index in [1.165, 1.54) is 12.1 Å². The first-order valence-electron chi connectivity index (χ1n) is 6.55. The van der Waals surface area contributed by atoms with Gasteiger partial charge in [-0.25, -0.2) is 4.39 Å². The summed E-state index contributed by atoms with van der Waals surface area (Å²) < 4.78 is 13.0. The highest BCUT2D eigenvalue weighted by Gasteiger charge is 2.18. The fraction of sp³-hybridized carbons (Fsp3) is 0.125. The zero-order valence-corrected chi connectivity index (χ0v) is 11.4. The number of pyridine rings is 1. The molecule has 0 aliphatic heterocycles. The lowest BCUT2D eigenvalue weighted by atomic mass is 10.00. The number of H-pyrrole nitrogens is 1. The van der Waals surface area contributed by atoms with E-state index in [0.717, 1.165) is 11.3 Å². The van der Waals surface area contributed by atoms with Crippen LogP contribution in [0.3, 0.4) is 0 Å². The molecule has 3 rings (SSSR count). The molecule has 3 aromatic rings. The summed E-state index contributed by atoms with van der Waals surface area (Å²) in [7, 11) is 0. The van der Waals surface area contributed by atoms with Crippen LogP contribution in [0.15, 0.2) is 48.8 Å². The first-order chi connectivity index (χ1) is 10.1. The van der Waals surface area contributed by atoms with Gasteiger partial charge < -0.3 is 5.11 Å². The molecule has 2 N–H and O–H groups in total. The molecule has 1 unspecified atom stereocenters. The summed E-state index contributed by atoms with van der Waals surface area (Å²) in [5, 5.41) is 17.3. The highest BCUT2D eigenvalue weighted by atomic mass is 19.1. The Morgan fingerprint density at radius 2 is 1.86 bits per heavy atom. The van der Waals surface area contributed by atoms with E-state index in [2.05, 4.69) is 15.2 Å². The standard InChI is InChI=1S/C16H14FN3O/c1-10-2-3-12(8-18-10)16(21)14-9-19-20-15(14)11-4-6-13(17)7-5-11/h2-9,16,21H,1H3,(H,19,20). The number of aliphatic hydroxyl groups is 1. The first-order valence-corrected chi connectivity index (χ1v) is 6.55. The van der Waals surface area contributed by atoms with Gasteiger partial charge in [0.15, 0.2) is 0 Å². The Balaban J connectivity index is 1.98. The van der Waals surface area contributed by atoms with Gasteiger partial charge in [0, 0.05) is 28.6 Å². The normalized spacial score (nSPS) is 12.3. The summed E-state index contributed by atoms with van der Waals surface area (Å²) in [6.45, 7) is 1.89. The molecular weight excluding hydrogens is 269 g/mol. The Hall–Kier alpha value is -2.53. The first kappa shape index (κ1) is 13.5. The Morgan fingerprint density at radius 1 is 1.10 bits per heavy atom. The molecule has 0 saturated heterocycles. The smallest absolute Gasteiger partial charge is 0.123 e. The van der Waals surface area contributed by atoms with Crippen LogP contribution in [0.25, 0.3) is 11.3 Å². The Morgan fingerprint density at radius 3 is 2.52 bits per heavy atom. The topological polar surface area (TPSA) is 61.8 Å². The summed E-state index contributed by atoms with van der Waals surface area (Å²) in [5.41, 5.74) is 3.64. The lowest BCUT2D eigenvalue weighted by Crippen LogP contribution is -2.01. The SMILES string of the molecule is Cc1ccc(C(O)c2cn[nH]c2-c2ccc(F)cc2)cn1. The molecule has 1 atom stereocenters. The molecule has 0 saturated carbocycles. The Bertz CT molecular complexity index is 735. The van der Waals surface area contributed by atoms with Crippen LogP contribution in [0.5, 0.6) is 0 Å². The van der Waals surface area contributed by atoms with Crippen molar-refractivity contribution in [2.75, 3.05) is 0 Å². The van der Waals surface area contributed by atoms with Crippen molar-refractivity contribution in [3.63, 3.8) is 0 Å². The molecule has 0 aliphatic carbocycles. The van der Waals surface area contributed by atoms with Crippen LogP contribution in [0.1, 0.15) is 22.9 Å². The van der Waals surface area contributed by atoms with E-state index in [0.29, 0.717) is 16.8 Å². The van der Waals surface area contributed by atoms with Gasteiger partial charge in [-0.3, -0.25) is 10.1 Å². The minimum Gasteiger partial charge on any atom is -0.383 e. The summed E-state index contributed by atoms with van der Waals surface area (Å²) in [4.78, 5) is 4.18. The second-order valence-electron chi connectivity index (χ2n) is 4.84. The number of hydrogen-bond donors (Lipinski definition) is 2. The lowest BCUT2D eigenvalue weighted by Gasteiger charge is -2.11. The predicted octanol–water partition coefficient (Wildman–Crippen LogP) is 3.00. The quantitative estimate of drug-likeness (QED) is 0.776. The van der Waals surface area contributed by atoms with E-state index >= 15 is 0 Å². The number of hydrogen-bond acceptors (Lipinski definition) is 3. The van der Waals surface area contributed by atoms with Crippen molar-refractivity contribution in [3.8, 4) is 11.3 Å². The summed E-state index contributed by atoms with van der Waals surface area (Å²) in [6, 6.07) is 9.71. The summed E-state index contributed by atoms with van der Waals surface area (Å²) >= 11 is 0. The van der Waals surface area contributed by atoms with Gasteiger partial charge >= 0.3 is 0 Å². The van der Waals surface area contributed by atoms with Crippen molar-refractivity contribution in [2.45, 2.75) is 13.0 Å². The maximum absolute atomic E-state index is 13.0. The van der Waals surface area contributed by atoms with Crippen LogP contribution in [0.2, 0.25) is 0 Å². The van der Waals surface area contributed by atoms with Crippen molar-refractivity contribution in [3.05, 3.63) is 71.4 Å². The average Bonchev–Trinajstić information content (AvgIpc) is 2.97. The number of aromatic nitrogens is 3. The monoisotopic (exact) mass is 283 g/mol. The van der Waals surface area contributed by atoms with Crippen LogP contribution in [0.4, 0.5) is 4.39 Å². The number of aliphatic hydroxyl groups excluding tert-OH is 1. The maximum Gasteiger partial charge on any atom is 0.123 e. The Kier molecular flexibility index (Phi) is 3.50. The molecule has 0 aliphatic rings. The van der Waals surface area contributed by atoms with Crippen molar-refractivity contribution in [1.29, 1.82) is 0 Å². The van der Waals surface area contributed by atoms with Crippen LogP contribution in [-0.2, 0) is 0 Å². The van der Waals surface area contributed by atoms with Gasteiger partial charge in [-0.05, 0) is 37.3 Å². The van der Waals surface area contributed by atoms with E-state index in [9.17, 15) is 9.50 Å². The molecule has 1 aromatic carbocycles. The molecule has 106 valence electrons. The number of benzene rings is 1. The van der Waals surface area contributed by atoms with Crippen molar-refractivity contribution < 1.29 is 9.50 Å². The zero-order valence-electron chi connectivity index (χ0n) is 11.4. The molecular formula is C16H14FN3O. The molecule has 0 fully saturated rings. The molecule has 2 aromatic heterocycles. The highest BCUT2D eigenvalue weighted by molar-refractivity contribution is 5.63. The molecule has 4 nitrogen and oxygen atoms in total. The predicted molar refractivity (Wildman–Crippen MR) is 77.0 cm³/mol. The summed E-state index contributed by atoms with van der Waals surface area (Å²) in [6.07, 6.45) is 2.38. The second kappa shape index (κ2) is 5.46. The van der Waals surface area contributed by atoms with Crippen LogP contribution in [0, 0.1) is 12.7 Å². The van der Waals surface area contributed by atoms with Gasteiger partial charge in [0.05, 0.1) is 11.9 Å². The molecule has 0 amide bonds. The van der Waals surface area contributed by atoms with Gasteiger partial charge in [0.25, 0.3) is 0 Å². The van der Waals surface area contributed by atoms with Gasteiger partial charge in [-0.2, -0.15) is 5.10 Å². The van der Waals surface area contributed by atoms with Crippen molar-refractivity contribution in [2.24, 2.45) is 0 Å². The third-order valence-corrected chi connectivity index (χ3v) is 3.35. The minimum atomic E-state index is -0.836. The number of aromatic amines is 1. The van der Waals surface area contributed by atoms with Crippen molar-refractivity contribution >= 4 is 0 Å². The Labute approximate surface area is 121 Å². The third kappa shape index (κ3) is 2.68. The van der Waals surface area contributed by atoms with E-state index in [1.807, 2.05) is 19.1 Å². The van der Waals surface area contributed by atoms with Crippen LogP contribution >= 0.6 is 0 Å². The average molecular weight is 283 g/mol. The largest absolute Gasteiger partial charge is 0.383 e. The lowest BCUT2D eigenvalue weighted by molar-refractivity contribution is 0.220. The maximum atomic E-state index is 13.0. The van der Waals surface area contributed by atoms with Gasteiger partial charge in [-0.15, -0.1) is 0 Å². The number of aryl methyl sites for hydroxylation is 1. The fourth-order valence-electron chi connectivity index (χ4n) is 2.17.